The first-order valence-corrected chi connectivity index (χ1v) is 5.39. The second-order valence-corrected chi connectivity index (χ2v) is 4.07. The molecule has 1 aliphatic heterocycles. The topological polar surface area (TPSA) is 55.6 Å². The van der Waals surface area contributed by atoms with E-state index in [2.05, 4.69) is 0 Å². The van der Waals surface area contributed by atoms with Crippen LogP contribution in [0.5, 0.6) is 0 Å². The van der Waals surface area contributed by atoms with E-state index in [4.69, 9.17) is 10.5 Å². The van der Waals surface area contributed by atoms with Gasteiger partial charge in [-0.3, -0.25) is 0 Å². The van der Waals surface area contributed by atoms with Gasteiger partial charge in [0, 0.05) is 24.7 Å². The SMILES string of the molecule is COC(=O)N1CCC(c2ccc(N)cc2)C1. The average molecular weight is 220 g/mol. The summed E-state index contributed by atoms with van der Waals surface area (Å²) in [4.78, 5) is 13.1. The number of rotatable bonds is 1. The van der Waals surface area contributed by atoms with Crippen molar-refractivity contribution in [2.24, 2.45) is 0 Å². The normalized spacial score (nSPS) is 19.8. The molecule has 2 rings (SSSR count). The molecule has 1 aromatic carbocycles. The van der Waals surface area contributed by atoms with Gasteiger partial charge < -0.3 is 15.4 Å². The molecule has 1 aromatic rings. The highest BCUT2D eigenvalue weighted by atomic mass is 16.5. The molecule has 86 valence electrons. The number of carbonyl (C=O) groups excluding carboxylic acids is 1. The quantitative estimate of drug-likeness (QED) is 0.734. The summed E-state index contributed by atoms with van der Waals surface area (Å²) in [6.07, 6.45) is 0.747. The smallest absolute Gasteiger partial charge is 0.409 e. The molecular formula is C12H16N2O2. The highest BCUT2D eigenvalue weighted by molar-refractivity contribution is 5.68. The van der Waals surface area contributed by atoms with Gasteiger partial charge in [0.05, 0.1) is 7.11 Å². The maximum Gasteiger partial charge on any atom is 0.409 e. The van der Waals surface area contributed by atoms with Crippen LogP contribution >= 0.6 is 0 Å². The number of nitrogens with two attached hydrogens (primary N) is 1. The number of nitrogen functional groups attached to an aromatic ring is 1. The molecule has 2 N–H and O–H groups in total. The van der Waals surface area contributed by atoms with Gasteiger partial charge in [0.1, 0.15) is 0 Å². The van der Waals surface area contributed by atoms with Crippen LogP contribution in [0.1, 0.15) is 17.9 Å². The number of likely N-dealkylation sites (tertiary alicyclic amines) is 1. The van der Waals surface area contributed by atoms with Crippen molar-refractivity contribution in [3.8, 4) is 0 Å². The minimum atomic E-state index is -0.238. The molecule has 1 amide bonds. The first kappa shape index (κ1) is 10.8. The number of hydrogen-bond donors (Lipinski definition) is 1. The van der Waals surface area contributed by atoms with E-state index in [0.29, 0.717) is 5.92 Å². The van der Waals surface area contributed by atoms with Crippen LogP contribution in [0.3, 0.4) is 0 Å². The summed E-state index contributed by atoms with van der Waals surface area (Å²) in [6, 6.07) is 7.85. The monoisotopic (exact) mass is 220 g/mol. The Morgan fingerprint density at radius 1 is 1.44 bits per heavy atom. The second kappa shape index (κ2) is 4.43. The van der Waals surface area contributed by atoms with Crippen LogP contribution in [0.2, 0.25) is 0 Å². The number of hydrogen-bond acceptors (Lipinski definition) is 3. The molecule has 1 aliphatic rings. The maximum atomic E-state index is 11.3. The lowest BCUT2D eigenvalue weighted by atomic mass is 9.98. The van der Waals surface area contributed by atoms with E-state index in [9.17, 15) is 4.79 Å². The Morgan fingerprint density at radius 2 is 2.12 bits per heavy atom. The second-order valence-electron chi connectivity index (χ2n) is 4.07. The molecule has 4 heteroatoms. The molecule has 0 spiro atoms. The summed E-state index contributed by atoms with van der Waals surface area (Å²) in [7, 11) is 1.42. The number of methoxy groups -OCH3 is 1. The molecular weight excluding hydrogens is 204 g/mol. The van der Waals surface area contributed by atoms with Crippen LogP contribution in [0, 0.1) is 0 Å². The Balaban J connectivity index is 2.03. The molecule has 0 saturated carbocycles. The van der Waals surface area contributed by atoms with E-state index in [0.717, 1.165) is 25.2 Å². The lowest BCUT2D eigenvalue weighted by molar-refractivity contribution is 0.132. The zero-order chi connectivity index (χ0) is 11.5. The molecule has 0 aromatic heterocycles. The van der Waals surface area contributed by atoms with Crippen molar-refractivity contribution >= 4 is 11.8 Å². The van der Waals surface area contributed by atoms with Crippen LogP contribution in [-0.4, -0.2) is 31.2 Å². The summed E-state index contributed by atoms with van der Waals surface area (Å²) >= 11 is 0. The summed E-state index contributed by atoms with van der Waals surface area (Å²) < 4.78 is 4.70. The Morgan fingerprint density at radius 3 is 2.75 bits per heavy atom. The molecule has 16 heavy (non-hydrogen) atoms. The minimum Gasteiger partial charge on any atom is -0.453 e. The molecule has 0 radical (unpaired) electrons. The van der Waals surface area contributed by atoms with E-state index in [-0.39, 0.29) is 6.09 Å². The molecule has 1 fully saturated rings. The molecule has 1 unspecified atom stereocenters. The maximum absolute atomic E-state index is 11.3. The van der Waals surface area contributed by atoms with E-state index in [1.165, 1.54) is 12.7 Å². The summed E-state index contributed by atoms with van der Waals surface area (Å²) in [6.45, 7) is 1.50. The first-order chi connectivity index (χ1) is 7.70. The highest BCUT2D eigenvalue weighted by Gasteiger charge is 2.27. The van der Waals surface area contributed by atoms with Crippen molar-refractivity contribution in [1.82, 2.24) is 4.90 Å². The van der Waals surface area contributed by atoms with Crippen molar-refractivity contribution in [3.63, 3.8) is 0 Å². The van der Waals surface area contributed by atoms with Gasteiger partial charge in [0.2, 0.25) is 0 Å². The molecule has 0 aliphatic carbocycles. The van der Waals surface area contributed by atoms with Gasteiger partial charge in [-0.2, -0.15) is 0 Å². The number of nitrogens with zero attached hydrogens (tertiary/aromatic N) is 1. The summed E-state index contributed by atoms with van der Waals surface area (Å²) in [5, 5.41) is 0. The third kappa shape index (κ3) is 2.10. The average Bonchev–Trinajstić information content (AvgIpc) is 2.78. The molecule has 1 atom stereocenters. The molecule has 1 heterocycles. The third-order valence-corrected chi connectivity index (χ3v) is 3.03. The highest BCUT2D eigenvalue weighted by Crippen LogP contribution is 2.27. The third-order valence-electron chi connectivity index (χ3n) is 3.03. The van der Waals surface area contributed by atoms with E-state index in [1.54, 1.807) is 4.90 Å². The largest absolute Gasteiger partial charge is 0.453 e. The lowest BCUT2D eigenvalue weighted by Gasteiger charge is -2.14. The van der Waals surface area contributed by atoms with Gasteiger partial charge in [-0.25, -0.2) is 4.79 Å². The van der Waals surface area contributed by atoms with E-state index >= 15 is 0 Å². The Labute approximate surface area is 95.0 Å². The van der Waals surface area contributed by atoms with Crippen molar-refractivity contribution in [3.05, 3.63) is 29.8 Å². The van der Waals surface area contributed by atoms with Gasteiger partial charge in [0.25, 0.3) is 0 Å². The van der Waals surface area contributed by atoms with Crippen LogP contribution < -0.4 is 5.73 Å². The number of ether oxygens (including phenoxy) is 1. The predicted molar refractivity (Wildman–Crippen MR) is 62.2 cm³/mol. The Hall–Kier alpha value is -1.71. The van der Waals surface area contributed by atoms with Crippen molar-refractivity contribution in [2.75, 3.05) is 25.9 Å². The number of carbonyl (C=O) groups is 1. The number of benzene rings is 1. The van der Waals surface area contributed by atoms with Gasteiger partial charge >= 0.3 is 6.09 Å². The molecule has 1 saturated heterocycles. The van der Waals surface area contributed by atoms with E-state index < -0.39 is 0 Å². The van der Waals surface area contributed by atoms with Crippen LogP contribution in [0.4, 0.5) is 10.5 Å². The fourth-order valence-corrected chi connectivity index (χ4v) is 2.10. The summed E-state index contributed by atoms with van der Waals surface area (Å²) in [5.74, 6) is 0.402. The first-order valence-electron chi connectivity index (χ1n) is 5.39. The van der Waals surface area contributed by atoms with Crippen molar-refractivity contribution in [1.29, 1.82) is 0 Å². The molecule has 4 nitrogen and oxygen atoms in total. The van der Waals surface area contributed by atoms with Gasteiger partial charge in [-0.05, 0) is 24.1 Å². The number of amides is 1. The zero-order valence-corrected chi connectivity index (χ0v) is 9.35. The van der Waals surface area contributed by atoms with Crippen LogP contribution in [-0.2, 0) is 4.74 Å². The molecule has 0 bridgehead atoms. The predicted octanol–water partition coefficient (Wildman–Crippen LogP) is 1.82. The Bertz CT molecular complexity index is 375. The Kier molecular flexibility index (Phi) is 2.99. The zero-order valence-electron chi connectivity index (χ0n) is 9.35. The minimum absolute atomic E-state index is 0.238. The van der Waals surface area contributed by atoms with Crippen molar-refractivity contribution in [2.45, 2.75) is 12.3 Å². The lowest BCUT2D eigenvalue weighted by Crippen LogP contribution is -2.28. The summed E-state index contributed by atoms with van der Waals surface area (Å²) in [5.41, 5.74) is 7.64. The fraction of sp³-hybridized carbons (Fsp3) is 0.417. The number of anilines is 1. The standard InChI is InChI=1S/C12H16N2O2/c1-16-12(15)14-7-6-10(8-14)9-2-4-11(13)5-3-9/h2-5,10H,6-8,13H2,1H3. The van der Waals surface area contributed by atoms with Gasteiger partial charge in [0.15, 0.2) is 0 Å². The van der Waals surface area contributed by atoms with Crippen LogP contribution in [0.25, 0.3) is 0 Å². The van der Waals surface area contributed by atoms with E-state index in [1.807, 2.05) is 24.3 Å². The van der Waals surface area contributed by atoms with Crippen LogP contribution in [0.15, 0.2) is 24.3 Å². The fourth-order valence-electron chi connectivity index (χ4n) is 2.10. The van der Waals surface area contributed by atoms with Gasteiger partial charge in [-0.1, -0.05) is 12.1 Å². The van der Waals surface area contributed by atoms with Gasteiger partial charge in [-0.15, -0.1) is 0 Å². The van der Waals surface area contributed by atoms with Crippen molar-refractivity contribution < 1.29 is 9.53 Å².